The predicted molar refractivity (Wildman–Crippen MR) is 66.1 cm³/mol. The summed E-state index contributed by atoms with van der Waals surface area (Å²) in [6.45, 7) is 0.358. The first-order valence-electron chi connectivity index (χ1n) is 5.14. The first-order chi connectivity index (χ1) is 8.19. The van der Waals surface area contributed by atoms with Gasteiger partial charge >= 0.3 is 0 Å². The fourth-order valence-electron chi connectivity index (χ4n) is 1.42. The van der Waals surface area contributed by atoms with E-state index in [0.29, 0.717) is 12.2 Å². The van der Waals surface area contributed by atoms with Crippen molar-refractivity contribution in [3.63, 3.8) is 0 Å². The number of aromatic hydroxyl groups is 1. The SMILES string of the molecule is NCc1nc(C(=O)Cc2ccc(O)cc2)cs1. The highest BCUT2D eigenvalue weighted by Gasteiger charge is 2.10. The summed E-state index contributed by atoms with van der Waals surface area (Å²) < 4.78 is 0. The fraction of sp³-hybridized carbons (Fsp3) is 0.167. The molecule has 0 saturated carbocycles. The van der Waals surface area contributed by atoms with Crippen LogP contribution in [0.4, 0.5) is 0 Å². The summed E-state index contributed by atoms with van der Waals surface area (Å²) in [5.74, 6) is 0.159. The van der Waals surface area contributed by atoms with Crippen LogP contribution in [0.15, 0.2) is 29.6 Å². The van der Waals surface area contributed by atoms with E-state index in [0.717, 1.165) is 10.6 Å². The summed E-state index contributed by atoms with van der Waals surface area (Å²) >= 11 is 1.39. The van der Waals surface area contributed by atoms with Gasteiger partial charge in [-0.2, -0.15) is 0 Å². The number of carbonyl (C=O) groups is 1. The largest absolute Gasteiger partial charge is 0.508 e. The van der Waals surface area contributed by atoms with Crippen molar-refractivity contribution in [1.29, 1.82) is 0 Å². The van der Waals surface area contributed by atoms with Crippen molar-refractivity contribution in [2.24, 2.45) is 5.73 Å². The average Bonchev–Trinajstić information content (AvgIpc) is 2.81. The summed E-state index contributed by atoms with van der Waals surface area (Å²) in [6, 6.07) is 6.58. The highest BCUT2D eigenvalue weighted by Crippen LogP contribution is 2.14. The molecular formula is C12H12N2O2S. The molecule has 88 valence electrons. The van der Waals surface area contributed by atoms with Gasteiger partial charge in [0.2, 0.25) is 0 Å². The van der Waals surface area contributed by atoms with Gasteiger partial charge in [-0.3, -0.25) is 4.79 Å². The maximum absolute atomic E-state index is 11.9. The third-order valence-electron chi connectivity index (χ3n) is 2.31. The molecule has 0 spiro atoms. The Morgan fingerprint density at radius 2 is 2.06 bits per heavy atom. The van der Waals surface area contributed by atoms with Gasteiger partial charge in [-0.25, -0.2) is 4.98 Å². The van der Waals surface area contributed by atoms with Gasteiger partial charge in [0.25, 0.3) is 0 Å². The number of benzene rings is 1. The second-order valence-corrected chi connectivity index (χ2v) is 4.54. The Morgan fingerprint density at radius 3 is 2.65 bits per heavy atom. The normalized spacial score (nSPS) is 10.4. The van der Waals surface area contributed by atoms with E-state index in [2.05, 4.69) is 4.98 Å². The number of aromatic nitrogens is 1. The Labute approximate surface area is 103 Å². The van der Waals surface area contributed by atoms with Crippen LogP contribution < -0.4 is 5.73 Å². The quantitative estimate of drug-likeness (QED) is 0.808. The highest BCUT2D eigenvalue weighted by atomic mass is 32.1. The van der Waals surface area contributed by atoms with Crippen molar-refractivity contribution in [3.8, 4) is 5.75 Å². The van der Waals surface area contributed by atoms with Gasteiger partial charge in [-0.15, -0.1) is 11.3 Å². The van der Waals surface area contributed by atoms with E-state index in [1.54, 1.807) is 29.6 Å². The number of carbonyl (C=O) groups excluding carboxylic acids is 1. The first kappa shape index (κ1) is 11.8. The topological polar surface area (TPSA) is 76.2 Å². The monoisotopic (exact) mass is 248 g/mol. The lowest BCUT2D eigenvalue weighted by Crippen LogP contribution is -2.05. The zero-order valence-corrected chi connectivity index (χ0v) is 9.91. The van der Waals surface area contributed by atoms with Gasteiger partial charge in [-0.1, -0.05) is 12.1 Å². The lowest BCUT2D eigenvalue weighted by atomic mass is 10.1. The number of ketones is 1. The Kier molecular flexibility index (Phi) is 3.51. The molecule has 1 aromatic heterocycles. The number of thiazole rings is 1. The van der Waals surface area contributed by atoms with Gasteiger partial charge in [0.1, 0.15) is 16.5 Å². The van der Waals surface area contributed by atoms with Crippen molar-refractivity contribution < 1.29 is 9.90 Å². The number of phenolic OH excluding ortho intramolecular Hbond substituents is 1. The molecule has 0 radical (unpaired) electrons. The molecule has 0 aliphatic rings. The van der Waals surface area contributed by atoms with Gasteiger partial charge in [0, 0.05) is 18.3 Å². The second-order valence-electron chi connectivity index (χ2n) is 3.60. The first-order valence-corrected chi connectivity index (χ1v) is 6.02. The number of Topliss-reactive ketones (excluding diaryl/α,β-unsaturated/α-hetero) is 1. The molecule has 1 aromatic carbocycles. The predicted octanol–water partition coefficient (Wildman–Crippen LogP) is 1.73. The number of phenols is 1. The third kappa shape index (κ3) is 2.89. The van der Waals surface area contributed by atoms with Crippen molar-refractivity contribution in [1.82, 2.24) is 4.98 Å². The van der Waals surface area contributed by atoms with Crippen LogP contribution in [-0.2, 0) is 13.0 Å². The molecule has 0 bridgehead atoms. The Morgan fingerprint density at radius 1 is 1.35 bits per heavy atom. The van der Waals surface area contributed by atoms with Crippen LogP contribution in [0.2, 0.25) is 0 Å². The van der Waals surface area contributed by atoms with E-state index in [4.69, 9.17) is 10.8 Å². The molecule has 2 aromatic rings. The molecule has 0 unspecified atom stereocenters. The van der Waals surface area contributed by atoms with E-state index >= 15 is 0 Å². The Balaban J connectivity index is 2.08. The van der Waals surface area contributed by atoms with Gasteiger partial charge in [-0.05, 0) is 17.7 Å². The fourth-order valence-corrected chi connectivity index (χ4v) is 2.10. The van der Waals surface area contributed by atoms with Crippen molar-refractivity contribution in [2.75, 3.05) is 0 Å². The number of nitrogens with zero attached hydrogens (tertiary/aromatic N) is 1. The maximum atomic E-state index is 11.9. The minimum Gasteiger partial charge on any atom is -0.508 e. The van der Waals surface area contributed by atoms with Crippen LogP contribution in [-0.4, -0.2) is 15.9 Å². The number of hydrogen-bond donors (Lipinski definition) is 2. The molecule has 0 aliphatic carbocycles. The van der Waals surface area contributed by atoms with Crippen LogP contribution in [0.5, 0.6) is 5.75 Å². The van der Waals surface area contributed by atoms with Crippen LogP contribution in [0, 0.1) is 0 Å². The molecule has 0 saturated heterocycles. The lowest BCUT2D eigenvalue weighted by molar-refractivity contribution is 0.0988. The van der Waals surface area contributed by atoms with Crippen LogP contribution in [0.25, 0.3) is 0 Å². The molecule has 2 rings (SSSR count). The van der Waals surface area contributed by atoms with E-state index in [1.807, 2.05) is 0 Å². The van der Waals surface area contributed by atoms with Crippen LogP contribution in [0.1, 0.15) is 21.1 Å². The van der Waals surface area contributed by atoms with Gasteiger partial charge in [0.15, 0.2) is 5.78 Å². The zero-order chi connectivity index (χ0) is 12.3. The van der Waals surface area contributed by atoms with Crippen molar-refractivity contribution in [2.45, 2.75) is 13.0 Å². The number of hydrogen-bond acceptors (Lipinski definition) is 5. The molecule has 0 atom stereocenters. The molecule has 1 heterocycles. The Bertz CT molecular complexity index is 520. The average molecular weight is 248 g/mol. The molecular weight excluding hydrogens is 236 g/mol. The maximum Gasteiger partial charge on any atom is 0.186 e. The van der Waals surface area contributed by atoms with E-state index in [9.17, 15) is 4.79 Å². The number of rotatable bonds is 4. The summed E-state index contributed by atoms with van der Waals surface area (Å²) in [6.07, 6.45) is 0.286. The van der Waals surface area contributed by atoms with Gasteiger partial charge < -0.3 is 10.8 Å². The summed E-state index contributed by atoms with van der Waals surface area (Å²) in [4.78, 5) is 16.0. The third-order valence-corrected chi connectivity index (χ3v) is 3.18. The summed E-state index contributed by atoms with van der Waals surface area (Å²) in [7, 11) is 0. The molecule has 5 heteroatoms. The van der Waals surface area contributed by atoms with E-state index in [1.165, 1.54) is 11.3 Å². The second kappa shape index (κ2) is 5.07. The van der Waals surface area contributed by atoms with Crippen LogP contribution >= 0.6 is 11.3 Å². The molecule has 0 amide bonds. The standard InChI is InChI=1S/C12H12N2O2S/c13-6-12-14-10(7-17-12)11(16)5-8-1-3-9(15)4-2-8/h1-4,7,15H,5-6,13H2. The highest BCUT2D eigenvalue weighted by molar-refractivity contribution is 7.09. The van der Waals surface area contributed by atoms with E-state index in [-0.39, 0.29) is 18.0 Å². The van der Waals surface area contributed by atoms with Gasteiger partial charge in [0.05, 0.1) is 0 Å². The summed E-state index contributed by atoms with van der Waals surface area (Å²) in [5.41, 5.74) is 6.76. The lowest BCUT2D eigenvalue weighted by Gasteiger charge is -1.99. The van der Waals surface area contributed by atoms with Crippen molar-refractivity contribution in [3.05, 3.63) is 45.9 Å². The van der Waals surface area contributed by atoms with Crippen molar-refractivity contribution >= 4 is 17.1 Å². The smallest absolute Gasteiger partial charge is 0.186 e. The Hall–Kier alpha value is -1.72. The molecule has 17 heavy (non-hydrogen) atoms. The zero-order valence-electron chi connectivity index (χ0n) is 9.09. The molecule has 0 aliphatic heterocycles. The summed E-state index contributed by atoms with van der Waals surface area (Å²) in [5, 5.41) is 11.6. The minimum absolute atomic E-state index is 0.0355. The molecule has 4 nitrogen and oxygen atoms in total. The van der Waals surface area contributed by atoms with E-state index < -0.39 is 0 Å². The minimum atomic E-state index is -0.0355. The number of nitrogens with two attached hydrogens (primary N) is 1. The molecule has 0 fully saturated rings. The molecule has 3 N–H and O–H groups in total. The van der Waals surface area contributed by atoms with Crippen LogP contribution in [0.3, 0.4) is 0 Å².